The molecule has 0 saturated heterocycles. The van der Waals surface area contributed by atoms with Crippen LogP contribution in [0.2, 0.25) is 5.02 Å². The van der Waals surface area contributed by atoms with Gasteiger partial charge in [0.15, 0.2) is 0 Å². The summed E-state index contributed by atoms with van der Waals surface area (Å²) < 4.78 is 5.09. The molecule has 1 atom stereocenters. The third-order valence-electron chi connectivity index (χ3n) is 3.54. The van der Waals surface area contributed by atoms with Crippen molar-refractivity contribution in [2.75, 3.05) is 12.4 Å². The van der Waals surface area contributed by atoms with Crippen molar-refractivity contribution in [2.24, 2.45) is 5.92 Å². The second-order valence-corrected chi connectivity index (χ2v) is 5.78. The number of halogens is 1. The Labute approximate surface area is 145 Å². The Bertz CT molecular complexity index is 698. The highest BCUT2D eigenvalue weighted by molar-refractivity contribution is 6.30. The van der Waals surface area contributed by atoms with Gasteiger partial charge in [-0.25, -0.2) is 0 Å². The van der Waals surface area contributed by atoms with Gasteiger partial charge in [-0.15, -0.1) is 0 Å². The van der Waals surface area contributed by atoms with Crippen molar-refractivity contribution in [1.29, 1.82) is 0 Å². The number of carboxylic acid groups (broad SMARTS) is 1. The number of aliphatic carboxylic acids is 1. The van der Waals surface area contributed by atoms with Gasteiger partial charge in [0.2, 0.25) is 5.91 Å². The third kappa shape index (κ3) is 5.28. The number of rotatable bonds is 7. The Hall–Kier alpha value is -2.53. The van der Waals surface area contributed by atoms with Gasteiger partial charge in [-0.3, -0.25) is 9.59 Å². The average Bonchev–Trinajstić information content (AvgIpc) is 2.56. The minimum absolute atomic E-state index is 0.245. The van der Waals surface area contributed by atoms with Crippen LogP contribution < -0.4 is 10.1 Å². The smallest absolute Gasteiger partial charge is 0.304 e. The SMILES string of the molecule is COc1ccc(C[C@@H](CC(=O)O)C(=O)Nc2ccc(Cl)cc2)cc1. The Morgan fingerprint density at radius 1 is 1.12 bits per heavy atom. The number of methoxy groups -OCH3 is 1. The molecule has 0 aliphatic carbocycles. The van der Waals surface area contributed by atoms with Crippen LogP contribution in [0.15, 0.2) is 48.5 Å². The van der Waals surface area contributed by atoms with E-state index in [1.165, 1.54) is 0 Å². The quantitative estimate of drug-likeness (QED) is 0.802. The standard InChI is InChI=1S/C18H18ClNO4/c1-24-16-8-2-12(3-9-16)10-13(11-17(21)22)18(23)20-15-6-4-14(19)5-7-15/h2-9,13H,10-11H2,1H3,(H,20,23)(H,21,22)/t13-/m0/s1. The lowest BCUT2D eigenvalue weighted by Crippen LogP contribution is -2.27. The van der Waals surface area contributed by atoms with E-state index >= 15 is 0 Å². The van der Waals surface area contributed by atoms with E-state index in [0.29, 0.717) is 22.9 Å². The lowest BCUT2D eigenvalue weighted by Gasteiger charge is -2.15. The van der Waals surface area contributed by atoms with E-state index < -0.39 is 11.9 Å². The molecule has 2 aromatic rings. The number of carbonyl (C=O) groups is 2. The van der Waals surface area contributed by atoms with E-state index in [2.05, 4.69) is 5.32 Å². The largest absolute Gasteiger partial charge is 0.497 e. The maximum Gasteiger partial charge on any atom is 0.304 e. The van der Waals surface area contributed by atoms with Crippen molar-refractivity contribution < 1.29 is 19.4 Å². The van der Waals surface area contributed by atoms with Crippen molar-refractivity contribution in [3.05, 3.63) is 59.1 Å². The zero-order valence-electron chi connectivity index (χ0n) is 13.2. The Morgan fingerprint density at radius 3 is 2.29 bits per heavy atom. The van der Waals surface area contributed by atoms with Crippen LogP contribution in [0, 0.1) is 5.92 Å². The molecule has 0 aliphatic rings. The van der Waals surface area contributed by atoms with E-state index in [-0.39, 0.29) is 12.3 Å². The summed E-state index contributed by atoms with van der Waals surface area (Å²) in [6, 6.07) is 13.9. The zero-order chi connectivity index (χ0) is 17.5. The lowest BCUT2D eigenvalue weighted by molar-refractivity contribution is -0.140. The van der Waals surface area contributed by atoms with Crippen LogP contribution in [-0.4, -0.2) is 24.1 Å². The molecule has 0 aromatic heterocycles. The molecule has 0 spiro atoms. The number of nitrogens with one attached hydrogen (secondary N) is 1. The van der Waals surface area contributed by atoms with Crippen molar-refractivity contribution >= 4 is 29.2 Å². The first-order valence-corrected chi connectivity index (χ1v) is 7.77. The fourth-order valence-electron chi connectivity index (χ4n) is 2.29. The average molecular weight is 348 g/mol. The van der Waals surface area contributed by atoms with Gasteiger partial charge in [0.05, 0.1) is 19.4 Å². The van der Waals surface area contributed by atoms with Gasteiger partial charge in [0, 0.05) is 10.7 Å². The first-order chi connectivity index (χ1) is 11.5. The van der Waals surface area contributed by atoms with Crippen LogP contribution in [0.3, 0.4) is 0 Å². The lowest BCUT2D eigenvalue weighted by atomic mass is 9.95. The maximum absolute atomic E-state index is 12.4. The zero-order valence-corrected chi connectivity index (χ0v) is 13.9. The Morgan fingerprint density at radius 2 is 1.75 bits per heavy atom. The Balaban J connectivity index is 2.09. The van der Waals surface area contributed by atoms with Crippen molar-refractivity contribution in [3.8, 4) is 5.75 Å². The first kappa shape index (κ1) is 17.8. The van der Waals surface area contributed by atoms with E-state index in [4.69, 9.17) is 21.4 Å². The molecule has 24 heavy (non-hydrogen) atoms. The van der Waals surface area contributed by atoms with E-state index in [9.17, 15) is 9.59 Å². The highest BCUT2D eigenvalue weighted by Crippen LogP contribution is 2.19. The predicted molar refractivity (Wildman–Crippen MR) is 92.5 cm³/mol. The molecule has 0 aliphatic heterocycles. The molecule has 126 valence electrons. The van der Waals surface area contributed by atoms with E-state index in [1.807, 2.05) is 12.1 Å². The number of amides is 1. The summed E-state index contributed by atoms with van der Waals surface area (Å²) in [5, 5.41) is 12.4. The minimum Gasteiger partial charge on any atom is -0.497 e. The summed E-state index contributed by atoms with van der Waals surface area (Å²) >= 11 is 5.81. The predicted octanol–water partition coefficient (Wildman–Crippen LogP) is 3.62. The maximum atomic E-state index is 12.4. The highest BCUT2D eigenvalue weighted by atomic mass is 35.5. The van der Waals surface area contributed by atoms with Crippen LogP contribution in [0.5, 0.6) is 5.75 Å². The van der Waals surface area contributed by atoms with Gasteiger partial charge in [0.1, 0.15) is 5.75 Å². The summed E-state index contributed by atoms with van der Waals surface area (Å²) in [6.07, 6.45) is 0.0845. The Kier molecular flexibility index (Phi) is 6.21. The number of hydrogen-bond acceptors (Lipinski definition) is 3. The second-order valence-electron chi connectivity index (χ2n) is 5.34. The number of benzene rings is 2. The van der Waals surface area contributed by atoms with Crippen molar-refractivity contribution in [2.45, 2.75) is 12.8 Å². The topological polar surface area (TPSA) is 75.6 Å². The minimum atomic E-state index is -1.01. The van der Waals surface area contributed by atoms with Crippen LogP contribution in [-0.2, 0) is 16.0 Å². The molecule has 0 saturated carbocycles. The molecule has 1 amide bonds. The summed E-state index contributed by atoms with van der Waals surface area (Å²) in [4.78, 5) is 23.5. The molecular weight excluding hydrogens is 330 g/mol. The summed E-state index contributed by atoms with van der Waals surface area (Å²) in [7, 11) is 1.57. The third-order valence-corrected chi connectivity index (χ3v) is 3.80. The molecule has 2 N–H and O–H groups in total. The van der Waals surface area contributed by atoms with Gasteiger partial charge < -0.3 is 15.2 Å². The fourth-order valence-corrected chi connectivity index (χ4v) is 2.42. The highest BCUT2D eigenvalue weighted by Gasteiger charge is 2.22. The van der Waals surface area contributed by atoms with Crippen molar-refractivity contribution in [3.63, 3.8) is 0 Å². The van der Waals surface area contributed by atoms with Gasteiger partial charge in [0.25, 0.3) is 0 Å². The molecule has 6 heteroatoms. The molecule has 0 fully saturated rings. The monoisotopic (exact) mass is 347 g/mol. The van der Waals surface area contributed by atoms with Gasteiger partial charge >= 0.3 is 5.97 Å². The van der Waals surface area contributed by atoms with Crippen LogP contribution >= 0.6 is 11.6 Å². The molecule has 2 rings (SSSR count). The number of carbonyl (C=O) groups excluding carboxylic acids is 1. The van der Waals surface area contributed by atoms with Crippen LogP contribution in [0.1, 0.15) is 12.0 Å². The molecule has 5 nitrogen and oxygen atoms in total. The number of ether oxygens (including phenoxy) is 1. The van der Waals surface area contributed by atoms with Gasteiger partial charge in [-0.2, -0.15) is 0 Å². The molecule has 0 bridgehead atoms. The number of hydrogen-bond donors (Lipinski definition) is 2. The van der Waals surface area contributed by atoms with Crippen LogP contribution in [0.25, 0.3) is 0 Å². The number of anilines is 1. The summed E-state index contributed by atoms with van der Waals surface area (Å²) in [6.45, 7) is 0. The number of carboxylic acids is 1. The first-order valence-electron chi connectivity index (χ1n) is 7.39. The fraction of sp³-hybridized carbons (Fsp3) is 0.222. The molecule has 0 radical (unpaired) electrons. The van der Waals surface area contributed by atoms with Gasteiger partial charge in [-0.1, -0.05) is 23.7 Å². The molecular formula is C18H18ClNO4. The second kappa shape index (κ2) is 8.36. The van der Waals surface area contributed by atoms with Gasteiger partial charge in [-0.05, 0) is 48.4 Å². The summed E-state index contributed by atoms with van der Waals surface area (Å²) in [5.41, 5.74) is 1.45. The van der Waals surface area contributed by atoms with E-state index in [0.717, 1.165) is 5.56 Å². The molecule has 0 heterocycles. The molecule has 2 aromatic carbocycles. The van der Waals surface area contributed by atoms with Crippen LogP contribution in [0.4, 0.5) is 5.69 Å². The normalized spacial score (nSPS) is 11.6. The summed E-state index contributed by atoms with van der Waals surface area (Å²) in [5.74, 6) is -1.32. The van der Waals surface area contributed by atoms with E-state index in [1.54, 1.807) is 43.5 Å². The molecule has 0 unspecified atom stereocenters. The van der Waals surface area contributed by atoms with Crippen molar-refractivity contribution in [1.82, 2.24) is 0 Å².